The molecule has 0 saturated heterocycles. The predicted octanol–water partition coefficient (Wildman–Crippen LogP) is 3.91. The molecule has 0 aromatic heterocycles. The van der Waals surface area contributed by atoms with Crippen LogP contribution in [0.25, 0.3) is 0 Å². The monoisotopic (exact) mass is 268 g/mol. The van der Waals surface area contributed by atoms with Gasteiger partial charge in [0.25, 0.3) is 0 Å². The summed E-state index contributed by atoms with van der Waals surface area (Å²) in [6.07, 6.45) is 9.93. The first-order chi connectivity index (χ1) is 9.13. The first-order valence-corrected chi connectivity index (χ1v) is 8.54. The van der Waals surface area contributed by atoms with Crippen molar-refractivity contribution in [3.63, 3.8) is 0 Å². The van der Waals surface area contributed by atoms with E-state index >= 15 is 0 Å². The minimum atomic E-state index is 0.727. The minimum Gasteiger partial charge on any atom is -0.315 e. The van der Waals surface area contributed by atoms with Gasteiger partial charge in [-0.15, -0.1) is 0 Å². The van der Waals surface area contributed by atoms with Gasteiger partial charge in [0.2, 0.25) is 0 Å². The molecule has 1 unspecified atom stereocenters. The summed E-state index contributed by atoms with van der Waals surface area (Å²) in [4.78, 5) is 2.63. The van der Waals surface area contributed by atoms with Gasteiger partial charge >= 0.3 is 0 Å². The molecule has 0 aromatic carbocycles. The highest BCUT2D eigenvalue weighted by molar-refractivity contribution is 4.76. The summed E-state index contributed by atoms with van der Waals surface area (Å²) in [5.41, 5.74) is 0. The van der Waals surface area contributed by atoms with Gasteiger partial charge in [-0.05, 0) is 44.7 Å². The highest BCUT2D eigenvalue weighted by Crippen LogP contribution is 2.24. The van der Waals surface area contributed by atoms with E-state index in [4.69, 9.17) is 0 Å². The van der Waals surface area contributed by atoms with Gasteiger partial charge in [0.15, 0.2) is 0 Å². The van der Waals surface area contributed by atoms with Gasteiger partial charge in [-0.25, -0.2) is 0 Å². The zero-order valence-corrected chi connectivity index (χ0v) is 13.8. The van der Waals surface area contributed by atoms with Gasteiger partial charge in [0, 0.05) is 19.1 Å². The molecule has 0 amide bonds. The first kappa shape index (κ1) is 17.0. The largest absolute Gasteiger partial charge is 0.315 e. The van der Waals surface area contributed by atoms with E-state index in [-0.39, 0.29) is 0 Å². The number of likely N-dealkylation sites (N-methyl/N-ethyl adjacent to an activating group) is 1. The smallest absolute Gasteiger partial charge is 0.0217 e. The number of hydrogen-bond acceptors (Lipinski definition) is 2. The summed E-state index contributed by atoms with van der Waals surface area (Å²) in [6, 6.07) is 0.727. The van der Waals surface area contributed by atoms with Gasteiger partial charge in [0.1, 0.15) is 0 Å². The van der Waals surface area contributed by atoms with Gasteiger partial charge in [0.05, 0.1) is 0 Å². The molecule has 1 atom stereocenters. The SMILES string of the molecule is CCCC(CNCC(C)C)N(C)CC1CCCCC1. The van der Waals surface area contributed by atoms with Crippen molar-refractivity contribution >= 4 is 0 Å². The molecule has 19 heavy (non-hydrogen) atoms. The van der Waals surface area contributed by atoms with Gasteiger partial charge in [-0.3, -0.25) is 0 Å². The molecule has 1 aliphatic carbocycles. The van der Waals surface area contributed by atoms with Crippen LogP contribution in [-0.2, 0) is 0 Å². The fourth-order valence-corrected chi connectivity index (χ4v) is 3.28. The Morgan fingerprint density at radius 2 is 1.79 bits per heavy atom. The summed E-state index contributed by atoms with van der Waals surface area (Å²) in [6.45, 7) is 10.5. The number of hydrogen-bond donors (Lipinski definition) is 1. The van der Waals surface area contributed by atoms with Crippen LogP contribution in [0.15, 0.2) is 0 Å². The van der Waals surface area contributed by atoms with Crippen molar-refractivity contribution in [2.75, 3.05) is 26.7 Å². The molecule has 1 rings (SSSR count). The van der Waals surface area contributed by atoms with Crippen molar-refractivity contribution < 1.29 is 0 Å². The lowest BCUT2D eigenvalue weighted by atomic mass is 9.88. The van der Waals surface area contributed by atoms with Gasteiger partial charge in [-0.1, -0.05) is 46.5 Å². The summed E-state index contributed by atoms with van der Waals surface area (Å²) in [7, 11) is 2.34. The van der Waals surface area contributed by atoms with Crippen LogP contribution in [0, 0.1) is 11.8 Å². The second-order valence-corrected chi connectivity index (χ2v) is 6.94. The van der Waals surface area contributed by atoms with Crippen LogP contribution in [0.5, 0.6) is 0 Å². The standard InChI is InChI=1S/C17H36N2/c1-5-9-17(13-18-12-15(2)3)19(4)14-16-10-7-6-8-11-16/h15-18H,5-14H2,1-4H3. The van der Waals surface area contributed by atoms with Crippen LogP contribution in [0.3, 0.4) is 0 Å². The molecule has 1 N–H and O–H groups in total. The normalized spacial score (nSPS) is 19.3. The highest BCUT2D eigenvalue weighted by Gasteiger charge is 2.19. The van der Waals surface area contributed by atoms with E-state index in [1.807, 2.05) is 0 Å². The molecule has 0 bridgehead atoms. The summed E-state index contributed by atoms with van der Waals surface area (Å²) in [5.74, 6) is 1.72. The second-order valence-electron chi connectivity index (χ2n) is 6.94. The zero-order chi connectivity index (χ0) is 14.1. The van der Waals surface area contributed by atoms with E-state index in [0.717, 1.165) is 31.0 Å². The third-order valence-electron chi connectivity index (χ3n) is 4.45. The molecule has 1 saturated carbocycles. The molecular formula is C17H36N2. The Morgan fingerprint density at radius 3 is 2.37 bits per heavy atom. The van der Waals surface area contributed by atoms with Crippen LogP contribution in [0.2, 0.25) is 0 Å². The molecule has 0 aromatic rings. The van der Waals surface area contributed by atoms with Crippen molar-refractivity contribution in [3.05, 3.63) is 0 Å². The average molecular weight is 268 g/mol. The summed E-state index contributed by atoms with van der Waals surface area (Å²) in [5, 5.41) is 3.65. The molecule has 2 heteroatoms. The van der Waals surface area contributed by atoms with Crippen LogP contribution < -0.4 is 5.32 Å². The molecule has 0 radical (unpaired) electrons. The Kier molecular flexibility index (Phi) is 8.72. The number of nitrogens with one attached hydrogen (secondary N) is 1. The number of nitrogens with zero attached hydrogens (tertiary/aromatic N) is 1. The minimum absolute atomic E-state index is 0.727. The molecular weight excluding hydrogens is 232 g/mol. The van der Waals surface area contributed by atoms with Crippen molar-refractivity contribution in [3.8, 4) is 0 Å². The Hall–Kier alpha value is -0.0800. The van der Waals surface area contributed by atoms with E-state index < -0.39 is 0 Å². The van der Waals surface area contributed by atoms with Crippen molar-refractivity contribution in [2.45, 2.75) is 71.8 Å². The van der Waals surface area contributed by atoms with E-state index in [1.54, 1.807) is 0 Å². The summed E-state index contributed by atoms with van der Waals surface area (Å²) < 4.78 is 0. The Morgan fingerprint density at radius 1 is 1.11 bits per heavy atom. The fourth-order valence-electron chi connectivity index (χ4n) is 3.28. The van der Waals surface area contributed by atoms with E-state index in [0.29, 0.717) is 0 Å². The maximum Gasteiger partial charge on any atom is 0.0217 e. The molecule has 2 nitrogen and oxygen atoms in total. The average Bonchev–Trinajstić information content (AvgIpc) is 2.38. The number of rotatable bonds is 9. The predicted molar refractivity (Wildman–Crippen MR) is 85.6 cm³/mol. The van der Waals surface area contributed by atoms with Crippen molar-refractivity contribution in [2.24, 2.45) is 11.8 Å². The lowest BCUT2D eigenvalue weighted by Gasteiger charge is -2.33. The maximum absolute atomic E-state index is 3.65. The molecule has 114 valence electrons. The maximum atomic E-state index is 3.65. The van der Waals surface area contributed by atoms with Crippen molar-refractivity contribution in [1.82, 2.24) is 10.2 Å². The van der Waals surface area contributed by atoms with Crippen LogP contribution in [0.4, 0.5) is 0 Å². The molecule has 1 aliphatic rings. The Bertz CT molecular complexity index is 209. The summed E-state index contributed by atoms with van der Waals surface area (Å²) >= 11 is 0. The van der Waals surface area contributed by atoms with Crippen LogP contribution >= 0.6 is 0 Å². The lowest BCUT2D eigenvalue weighted by molar-refractivity contribution is 0.170. The Balaban J connectivity index is 2.31. The molecule has 0 spiro atoms. The highest BCUT2D eigenvalue weighted by atomic mass is 15.1. The molecule has 1 fully saturated rings. The molecule has 0 aliphatic heterocycles. The van der Waals surface area contributed by atoms with Gasteiger partial charge < -0.3 is 10.2 Å². The topological polar surface area (TPSA) is 15.3 Å². The molecule has 0 heterocycles. The second kappa shape index (κ2) is 9.77. The quantitative estimate of drug-likeness (QED) is 0.682. The van der Waals surface area contributed by atoms with E-state index in [1.165, 1.54) is 51.5 Å². The first-order valence-electron chi connectivity index (χ1n) is 8.54. The lowest BCUT2D eigenvalue weighted by Crippen LogP contribution is -2.43. The van der Waals surface area contributed by atoms with E-state index in [2.05, 4.69) is 38.0 Å². The van der Waals surface area contributed by atoms with Gasteiger partial charge in [-0.2, -0.15) is 0 Å². The van der Waals surface area contributed by atoms with Crippen LogP contribution in [-0.4, -0.2) is 37.6 Å². The third-order valence-corrected chi connectivity index (χ3v) is 4.45. The van der Waals surface area contributed by atoms with Crippen molar-refractivity contribution in [1.29, 1.82) is 0 Å². The Labute approximate surface area is 121 Å². The van der Waals surface area contributed by atoms with Crippen LogP contribution in [0.1, 0.15) is 65.7 Å². The fraction of sp³-hybridized carbons (Fsp3) is 1.00. The zero-order valence-electron chi connectivity index (χ0n) is 13.8. The third kappa shape index (κ3) is 7.31. The van der Waals surface area contributed by atoms with E-state index in [9.17, 15) is 0 Å².